The number of rotatable bonds is 10. The summed E-state index contributed by atoms with van der Waals surface area (Å²) in [6, 6.07) is 16.3. The lowest BCUT2D eigenvalue weighted by molar-refractivity contribution is -0.120. The number of methoxy groups -OCH3 is 3. The molecule has 4 aromatic rings. The normalized spacial score (nSPS) is 10.7. The molecule has 0 aliphatic heterocycles. The number of hydrogen-bond acceptors (Lipinski definition) is 8. The molecule has 0 aliphatic carbocycles. The van der Waals surface area contributed by atoms with Gasteiger partial charge in [-0.2, -0.15) is 4.52 Å². The third-order valence-electron chi connectivity index (χ3n) is 5.08. The Morgan fingerprint density at radius 3 is 2.44 bits per heavy atom. The van der Waals surface area contributed by atoms with E-state index < -0.39 is 0 Å². The van der Waals surface area contributed by atoms with Gasteiger partial charge in [-0.15, -0.1) is 15.3 Å². The fraction of sp³-hybridized carbons (Fsp3) is 0.250. The monoisotopic (exact) mass is 463 g/mol. The van der Waals surface area contributed by atoms with Crippen molar-refractivity contribution < 1.29 is 23.7 Å². The predicted molar refractivity (Wildman–Crippen MR) is 125 cm³/mol. The van der Waals surface area contributed by atoms with Crippen LogP contribution in [0.1, 0.15) is 5.56 Å². The molecule has 2 aromatic carbocycles. The summed E-state index contributed by atoms with van der Waals surface area (Å²) in [7, 11) is 4.76. The molecule has 0 saturated carbocycles. The summed E-state index contributed by atoms with van der Waals surface area (Å²) in [5.74, 6) is 2.78. The molecule has 10 heteroatoms. The van der Waals surface area contributed by atoms with E-state index in [9.17, 15) is 4.79 Å². The first-order chi connectivity index (χ1) is 16.6. The summed E-state index contributed by atoms with van der Waals surface area (Å²) in [6.07, 6.45) is 0.281. The van der Waals surface area contributed by atoms with Crippen molar-refractivity contribution in [1.82, 2.24) is 25.1 Å². The number of benzene rings is 2. The summed E-state index contributed by atoms with van der Waals surface area (Å²) in [4.78, 5) is 12.2. The molecule has 176 valence electrons. The van der Waals surface area contributed by atoms with Crippen molar-refractivity contribution in [1.29, 1.82) is 0 Å². The van der Waals surface area contributed by atoms with Crippen LogP contribution in [0.25, 0.3) is 17.0 Å². The van der Waals surface area contributed by atoms with E-state index in [0.717, 1.165) is 16.9 Å². The quantitative estimate of drug-likeness (QED) is 0.358. The average Bonchev–Trinajstić information content (AvgIpc) is 3.30. The molecule has 34 heavy (non-hydrogen) atoms. The lowest BCUT2D eigenvalue weighted by atomic mass is 10.1. The topological polar surface area (TPSA) is 109 Å². The third-order valence-corrected chi connectivity index (χ3v) is 5.08. The van der Waals surface area contributed by atoms with Crippen molar-refractivity contribution in [3.05, 3.63) is 60.2 Å². The van der Waals surface area contributed by atoms with E-state index in [0.29, 0.717) is 35.4 Å². The van der Waals surface area contributed by atoms with Crippen molar-refractivity contribution in [2.24, 2.45) is 0 Å². The fourth-order valence-electron chi connectivity index (χ4n) is 3.34. The van der Waals surface area contributed by atoms with Crippen molar-refractivity contribution in [2.45, 2.75) is 6.42 Å². The molecule has 0 unspecified atom stereocenters. The molecule has 10 nitrogen and oxygen atoms in total. The van der Waals surface area contributed by atoms with E-state index in [2.05, 4.69) is 20.6 Å². The summed E-state index contributed by atoms with van der Waals surface area (Å²) >= 11 is 0. The van der Waals surface area contributed by atoms with Crippen molar-refractivity contribution in [3.63, 3.8) is 0 Å². The first-order valence-corrected chi connectivity index (χ1v) is 10.6. The predicted octanol–water partition coefficient (Wildman–Crippen LogP) is 2.55. The van der Waals surface area contributed by atoms with Gasteiger partial charge < -0.3 is 24.3 Å². The van der Waals surface area contributed by atoms with Gasteiger partial charge in [0.2, 0.25) is 11.8 Å². The van der Waals surface area contributed by atoms with E-state index in [1.54, 1.807) is 44.0 Å². The maximum atomic E-state index is 12.2. The Morgan fingerprint density at radius 2 is 1.71 bits per heavy atom. The number of hydrogen-bond donors (Lipinski definition) is 1. The Labute approximate surface area is 196 Å². The van der Waals surface area contributed by atoms with Gasteiger partial charge in [0.15, 0.2) is 23.0 Å². The second-order valence-corrected chi connectivity index (χ2v) is 7.26. The fourth-order valence-corrected chi connectivity index (χ4v) is 3.34. The maximum absolute atomic E-state index is 12.2. The van der Waals surface area contributed by atoms with Crippen molar-refractivity contribution in [2.75, 3.05) is 34.5 Å². The van der Waals surface area contributed by atoms with E-state index in [4.69, 9.17) is 18.9 Å². The molecule has 0 bridgehead atoms. The standard InChI is InChI=1S/C24H25N5O5/c1-31-18-7-4-16(5-8-18)14-22(30)25-12-13-34-23-11-10-21-26-27-24(29(21)28-23)17-6-9-19(32-2)20(15-17)33-3/h4-11,15H,12-14H2,1-3H3,(H,25,30). The summed E-state index contributed by atoms with van der Waals surface area (Å²) < 4.78 is 23.1. The molecular weight excluding hydrogens is 438 g/mol. The van der Waals surface area contributed by atoms with Crippen molar-refractivity contribution >= 4 is 11.6 Å². The van der Waals surface area contributed by atoms with Crippen LogP contribution in [-0.4, -0.2) is 60.2 Å². The molecule has 0 saturated heterocycles. The maximum Gasteiger partial charge on any atom is 0.231 e. The Hall–Kier alpha value is -4.34. The zero-order chi connectivity index (χ0) is 23.9. The van der Waals surface area contributed by atoms with Gasteiger partial charge >= 0.3 is 0 Å². The first-order valence-electron chi connectivity index (χ1n) is 10.6. The molecule has 1 N–H and O–H groups in total. The van der Waals surface area contributed by atoms with E-state index in [1.807, 2.05) is 36.4 Å². The lowest BCUT2D eigenvalue weighted by Crippen LogP contribution is -2.29. The number of amides is 1. The summed E-state index contributed by atoms with van der Waals surface area (Å²) in [5.41, 5.74) is 2.24. The van der Waals surface area contributed by atoms with Crippen LogP contribution in [0.4, 0.5) is 0 Å². The molecule has 0 spiro atoms. The van der Waals surface area contributed by atoms with Gasteiger partial charge in [-0.3, -0.25) is 4.79 Å². The Kier molecular flexibility index (Phi) is 7.07. The van der Waals surface area contributed by atoms with Crippen LogP contribution in [-0.2, 0) is 11.2 Å². The minimum atomic E-state index is -0.0910. The second kappa shape index (κ2) is 10.5. The first kappa shape index (κ1) is 22.8. The van der Waals surface area contributed by atoms with Crippen LogP contribution in [0, 0.1) is 0 Å². The van der Waals surface area contributed by atoms with Gasteiger partial charge in [0.25, 0.3) is 0 Å². The molecule has 0 fully saturated rings. The van der Waals surface area contributed by atoms with Crippen LogP contribution >= 0.6 is 0 Å². The lowest BCUT2D eigenvalue weighted by Gasteiger charge is -2.09. The van der Waals surface area contributed by atoms with Crippen molar-refractivity contribution in [3.8, 4) is 34.5 Å². The van der Waals surface area contributed by atoms with E-state index in [1.165, 1.54) is 0 Å². The summed E-state index contributed by atoms with van der Waals surface area (Å²) in [6.45, 7) is 0.611. The zero-order valence-corrected chi connectivity index (χ0v) is 19.1. The number of nitrogens with zero attached hydrogens (tertiary/aromatic N) is 4. The second-order valence-electron chi connectivity index (χ2n) is 7.26. The highest BCUT2D eigenvalue weighted by Crippen LogP contribution is 2.31. The highest BCUT2D eigenvalue weighted by atomic mass is 16.5. The van der Waals surface area contributed by atoms with Crippen LogP contribution < -0.4 is 24.3 Å². The highest BCUT2D eigenvalue weighted by Gasteiger charge is 2.14. The van der Waals surface area contributed by atoms with Gasteiger partial charge in [0.05, 0.1) is 34.3 Å². The van der Waals surface area contributed by atoms with Crippen LogP contribution in [0.5, 0.6) is 23.1 Å². The van der Waals surface area contributed by atoms with Gasteiger partial charge in [-0.05, 0) is 42.0 Å². The molecule has 2 heterocycles. The molecule has 2 aromatic heterocycles. The molecular formula is C24H25N5O5. The largest absolute Gasteiger partial charge is 0.497 e. The molecule has 0 aliphatic rings. The third kappa shape index (κ3) is 5.17. The van der Waals surface area contributed by atoms with Crippen LogP contribution in [0.3, 0.4) is 0 Å². The number of carbonyl (C=O) groups excluding carboxylic acids is 1. The number of carbonyl (C=O) groups is 1. The highest BCUT2D eigenvalue weighted by molar-refractivity contribution is 5.78. The van der Waals surface area contributed by atoms with Gasteiger partial charge in [0, 0.05) is 11.6 Å². The number of nitrogens with one attached hydrogen (secondary N) is 1. The summed E-state index contributed by atoms with van der Waals surface area (Å²) in [5, 5.41) is 15.7. The molecule has 0 radical (unpaired) electrons. The molecule has 0 atom stereocenters. The zero-order valence-electron chi connectivity index (χ0n) is 19.1. The van der Waals surface area contributed by atoms with Crippen LogP contribution in [0.2, 0.25) is 0 Å². The van der Waals surface area contributed by atoms with Crippen LogP contribution in [0.15, 0.2) is 54.6 Å². The number of aromatic nitrogens is 4. The minimum Gasteiger partial charge on any atom is -0.497 e. The van der Waals surface area contributed by atoms with Gasteiger partial charge in [-0.1, -0.05) is 12.1 Å². The minimum absolute atomic E-state index is 0.0910. The van der Waals surface area contributed by atoms with E-state index >= 15 is 0 Å². The Bertz CT molecular complexity index is 1270. The number of ether oxygens (including phenoxy) is 4. The Balaban J connectivity index is 1.36. The van der Waals surface area contributed by atoms with Gasteiger partial charge in [0.1, 0.15) is 12.4 Å². The Morgan fingerprint density at radius 1 is 0.912 bits per heavy atom. The SMILES string of the molecule is COc1ccc(CC(=O)NCCOc2ccc3nnc(-c4ccc(OC)c(OC)c4)n3n2)cc1. The smallest absolute Gasteiger partial charge is 0.231 e. The van der Waals surface area contributed by atoms with E-state index in [-0.39, 0.29) is 18.9 Å². The van der Waals surface area contributed by atoms with Gasteiger partial charge in [-0.25, -0.2) is 0 Å². The molecule has 4 rings (SSSR count). The molecule has 1 amide bonds. The average molecular weight is 463 g/mol. The number of fused-ring (bicyclic) bond motifs is 1.